The Kier molecular flexibility index (Phi) is 3.07. The standard InChI is InChI=1S/C15H16BNO/c1-16-17(14-10-6-3-7-11-14)12-15(18-16)13-8-4-2-5-9-13/h2-11,15H,12H2,1H3. The SMILES string of the molecule is CB1OC(c2ccccc2)CN1c1ccccc1. The van der Waals surface area contributed by atoms with Gasteiger partial charge in [-0.25, -0.2) is 0 Å². The molecule has 0 aliphatic carbocycles. The molecule has 1 heterocycles. The van der Waals surface area contributed by atoms with Crippen LogP contribution in [0.25, 0.3) is 0 Å². The van der Waals surface area contributed by atoms with Crippen molar-refractivity contribution in [3.8, 4) is 0 Å². The molecule has 2 aromatic rings. The van der Waals surface area contributed by atoms with E-state index in [-0.39, 0.29) is 13.2 Å². The second-order valence-corrected chi connectivity index (χ2v) is 4.62. The summed E-state index contributed by atoms with van der Waals surface area (Å²) < 4.78 is 6.04. The molecule has 3 heteroatoms. The third-order valence-electron chi connectivity index (χ3n) is 3.42. The van der Waals surface area contributed by atoms with E-state index in [9.17, 15) is 0 Å². The van der Waals surface area contributed by atoms with E-state index in [4.69, 9.17) is 4.65 Å². The van der Waals surface area contributed by atoms with Crippen molar-refractivity contribution in [3.05, 3.63) is 66.2 Å². The maximum Gasteiger partial charge on any atom is 0.412 e. The lowest BCUT2D eigenvalue weighted by molar-refractivity contribution is 0.252. The lowest BCUT2D eigenvalue weighted by Gasteiger charge is -2.19. The number of hydrogen-bond donors (Lipinski definition) is 0. The summed E-state index contributed by atoms with van der Waals surface area (Å²) in [6, 6.07) is 20.9. The summed E-state index contributed by atoms with van der Waals surface area (Å²) in [6.45, 7) is 3.02. The smallest absolute Gasteiger partial charge is 0.408 e. The number of hydrogen-bond acceptors (Lipinski definition) is 2. The Morgan fingerprint density at radius 2 is 1.61 bits per heavy atom. The number of nitrogens with zero attached hydrogens (tertiary/aromatic N) is 1. The van der Waals surface area contributed by atoms with Crippen molar-refractivity contribution in [1.82, 2.24) is 0 Å². The van der Waals surface area contributed by atoms with Gasteiger partial charge in [-0.05, 0) is 24.5 Å². The van der Waals surface area contributed by atoms with Crippen LogP contribution in [0.1, 0.15) is 11.7 Å². The van der Waals surface area contributed by atoms with Crippen molar-refractivity contribution in [2.24, 2.45) is 0 Å². The van der Waals surface area contributed by atoms with Crippen molar-refractivity contribution in [2.75, 3.05) is 11.4 Å². The fourth-order valence-electron chi connectivity index (χ4n) is 2.47. The van der Waals surface area contributed by atoms with E-state index in [2.05, 4.69) is 60.2 Å². The van der Waals surface area contributed by atoms with Gasteiger partial charge in [0, 0.05) is 12.2 Å². The lowest BCUT2D eigenvalue weighted by atomic mass is 9.85. The summed E-state index contributed by atoms with van der Waals surface area (Å²) in [7, 11) is 0.123. The Morgan fingerprint density at radius 3 is 2.28 bits per heavy atom. The van der Waals surface area contributed by atoms with Gasteiger partial charge in [-0.2, -0.15) is 0 Å². The molecule has 18 heavy (non-hydrogen) atoms. The third kappa shape index (κ3) is 2.14. The van der Waals surface area contributed by atoms with Crippen molar-refractivity contribution in [3.63, 3.8) is 0 Å². The molecule has 0 radical (unpaired) electrons. The Morgan fingerprint density at radius 1 is 1.00 bits per heavy atom. The zero-order chi connectivity index (χ0) is 12.4. The van der Waals surface area contributed by atoms with Crippen LogP contribution >= 0.6 is 0 Å². The number of benzene rings is 2. The quantitative estimate of drug-likeness (QED) is 0.742. The highest BCUT2D eigenvalue weighted by atomic mass is 16.5. The third-order valence-corrected chi connectivity index (χ3v) is 3.42. The van der Waals surface area contributed by atoms with Gasteiger partial charge in [-0.1, -0.05) is 48.5 Å². The van der Waals surface area contributed by atoms with Gasteiger partial charge >= 0.3 is 7.05 Å². The van der Waals surface area contributed by atoms with Crippen LogP contribution in [0.4, 0.5) is 5.69 Å². The fraction of sp³-hybridized carbons (Fsp3) is 0.200. The van der Waals surface area contributed by atoms with Crippen molar-refractivity contribution in [1.29, 1.82) is 0 Å². The predicted octanol–water partition coefficient (Wildman–Crippen LogP) is 3.38. The molecule has 0 saturated carbocycles. The van der Waals surface area contributed by atoms with Crippen molar-refractivity contribution >= 4 is 12.7 Å². The lowest BCUT2D eigenvalue weighted by Crippen LogP contribution is -2.31. The largest absolute Gasteiger partial charge is 0.412 e. The highest BCUT2D eigenvalue weighted by Gasteiger charge is 2.34. The van der Waals surface area contributed by atoms with Gasteiger partial charge in [-0.3, -0.25) is 0 Å². The van der Waals surface area contributed by atoms with Crippen LogP contribution < -0.4 is 4.81 Å². The maximum atomic E-state index is 6.04. The molecule has 1 atom stereocenters. The van der Waals surface area contributed by atoms with Crippen molar-refractivity contribution < 1.29 is 4.65 Å². The summed E-state index contributed by atoms with van der Waals surface area (Å²) in [5, 5.41) is 0. The van der Waals surface area contributed by atoms with Gasteiger partial charge in [0.15, 0.2) is 0 Å². The molecule has 0 bridgehead atoms. The molecule has 0 amide bonds. The predicted molar refractivity (Wildman–Crippen MR) is 75.7 cm³/mol. The molecule has 2 nitrogen and oxygen atoms in total. The second-order valence-electron chi connectivity index (χ2n) is 4.62. The van der Waals surface area contributed by atoms with Crippen LogP contribution in [0, 0.1) is 0 Å². The summed E-state index contributed by atoms with van der Waals surface area (Å²) >= 11 is 0. The first-order chi connectivity index (χ1) is 8.84. The van der Waals surface area contributed by atoms with E-state index in [0.717, 1.165) is 6.54 Å². The number of rotatable bonds is 2. The molecule has 0 aromatic heterocycles. The molecule has 90 valence electrons. The van der Waals surface area contributed by atoms with E-state index in [1.54, 1.807) is 0 Å². The van der Waals surface area contributed by atoms with E-state index < -0.39 is 0 Å². The Hall–Kier alpha value is -1.74. The van der Waals surface area contributed by atoms with Crippen LogP contribution in [0.5, 0.6) is 0 Å². The van der Waals surface area contributed by atoms with Gasteiger partial charge in [0.25, 0.3) is 0 Å². The summed E-state index contributed by atoms with van der Waals surface area (Å²) in [4.78, 5) is 2.30. The first-order valence-electron chi connectivity index (χ1n) is 6.37. The summed E-state index contributed by atoms with van der Waals surface area (Å²) in [5.41, 5.74) is 2.48. The molecule has 1 unspecified atom stereocenters. The summed E-state index contributed by atoms with van der Waals surface area (Å²) in [6.07, 6.45) is 0.168. The minimum Gasteiger partial charge on any atom is -0.408 e. The summed E-state index contributed by atoms with van der Waals surface area (Å²) in [5.74, 6) is 0. The molecular formula is C15H16BNO. The minimum atomic E-state index is 0.123. The van der Waals surface area contributed by atoms with Crippen LogP contribution in [0.3, 0.4) is 0 Å². The van der Waals surface area contributed by atoms with E-state index in [1.165, 1.54) is 11.3 Å². The Bertz CT molecular complexity index is 502. The zero-order valence-electron chi connectivity index (χ0n) is 10.5. The average Bonchev–Trinajstić information content (AvgIpc) is 2.83. The maximum absolute atomic E-state index is 6.04. The number of para-hydroxylation sites is 1. The van der Waals surface area contributed by atoms with Crippen molar-refractivity contribution in [2.45, 2.75) is 12.9 Å². The molecule has 0 N–H and O–H groups in total. The normalized spacial score (nSPS) is 19.3. The van der Waals surface area contributed by atoms with E-state index in [0.29, 0.717) is 0 Å². The Labute approximate surface area is 108 Å². The molecule has 2 aromatic carbocycles. The van der Waals surface area contributed by atoms with E-state index >= 15 is 0 Å². The monoisotopic (exact) mass is 237 g/mol. The molecule has 1 aliphatic rings. The molecule has 1 aliphatic heterocycles. The molecule has 3 rings (SSSR count). The van der Waals surface area contributed by atoms with E-state index in [1.807, 2.05) is 12.1 Å². The molecular weight excluding hydrogens is 221 g/mol. The van der Waals surface area contributed by atoms with Crippen LogP contribution in [0.2, 0.25) is 6.82 Å². The highest BCUT2D eigenvalue weighted by Crippen LogP contribution is 2.30. The van der Waals surface area contributed by atoms with Gasteiger partial charge in [0.05, 0.1) is 6.10 Å². The fourth-order valence-corrected chi connectivity index (χ4v) is 2.47. The first-order valence-corrected chi connectivity index (χ1v) is 6.37. The highest BCUT2D eigenvalue weighted by molar-refractivity contribution is 6.56. The molecule has 1 saturated heterocycles. The van der Waals surface area contributed by atoms with Gasteiger partial charge in [-0.15, -0.1) is 0 Å². The van der Waals surface area contributed by atoms with Gasteiger partial charge in [0.1, 0.15) is 0 Å². The van der Waals surface area contributed by atoms with Crippen LogP contribution in [-0.2, 0) is 4.65 Å². The zero-order valence-corrected chi connectivity index (χ0v) is 10.5. The van der Waals surface area contributed by atoms with Gasteiger partial charge < -0.3 is 9.47 Å². The second kappa shape index (κ2) is 4.87. The molecule has 0 spiro atoms. The molecule has 1 fully saturated rings. The first kappa shape index (κ1) is 11.4. The average molecular weight is 237 g/mol. The topological polar surface area (TPSA) is 12.5 Å². The number of anilines is 1. The minimum absolute atomic E-state index is 0.123. The van der Waals surface area contributed by atoms with Crippen LogP contribution in [0.15, 0.2) is 60.7 Å². The Balaban J connectivity index is 1.81. The van der Waals surface area contributed by atoms with Gasteiger partial charge in [0.2, 0.25) is 0 Å². The van der Waals surface area contributed by atoms with Crippen LogP contribution in [-0.4, -0.2) is 13.6 Å².